The Morgan fingerprint density at radius 2 is 1.93 bits per heavy atom. The molecule has 0 fully saturated rings. The fraction of sp³-hybridized carbons (Fsp3) is 0.182. The highest BCUT2D eigenvalue weighted by atomic mass is 19.1. The number of nitriles is 1. The summed E-state index contributed by atoms with van der Waals surface area (Å²) in [5.74, 6) is -2.95. The molecule has 1 N–H and O–H groups in total. The van der Waals surface area contributed by atoms with Crippen LogP contribution in [0.3, 0.4) is 0 Å². The van der Waals surface area contributed by atoms with Crippen molar-refractivity contribution in [2.75, 3.05) is 11.9 Å². The molecule has 1 amide bonds. The van der Waals surface area contributed by atoms with Crippen LogP contribution >= 0.6 is 0 Å². The third-order valence-corrected chi connectivity index (χ3v) is 4.44. The molecule has 30 heavy (non-hydrogen) atoms. The summed E-state index contributed by atoms with van der Waals surface area (Å²) in [4.78, 5) is 25.6. The molecule has 7 nitrogen and oxygen atoms in total. The van der Waals surface area contributed by atoms with E-state index in [4.69, 9.17) is 4.74 Å². The molecule has 8 heteroatoms. The van der Waals surface area contributed by atoms with Gasteiger partial charge in [-0.05, 0) is 50.2 Å². The lowest BCUT2D eigenvalue weighted by molar-refractivity contribution is -0.117. The highest BCUT2D eigenvalue weighted by Crippen LogP contribution is 2.25. The van der Waals surface area contributed by atoms with Crippen molar-refractivity contribution in [1.82, 2.24) is 9.78 Å². The fourth-order valence-electron chi connectivity index (χ4n) is 2.94. The second-order valence-electron chi connectivity index (χ2n) is 6.38. The summed E-state index contributed by atoms with van der Waals surface area (Å²) in [6.45, 7) is 3.84. The van der Waals surface area contributed by atoms with Crippen LogP contribution in [0, 0.1) is 30.0 Å². The minimum atomic E-state index is -1.57. The summed E-state index contributed by atoms with van der Waals surface area (Å²) in [6.07, 6.45) is 1.30. The number of hydrogen-bond donors (Lipinski definition) is 1. The standard InChI is InChI=1S/C22H19FN4O3/c1-3-30-20-7-5-4-6-19(20)26-22(29)17(12-24)21(28)18-13-25-27(14(18)2)16-10-8-15(23)9-11-16/h4-11,13,17H,3H2,1-2H3,(H,26,29). The van der Waals surface area contributed by atoms with Crippen molar-refractivity contribution in [2.24, 2.45) is 5.92 Å². The Morgan fingerprint density at radius 1 is 1.23 bits per heavy atom. The number of carbonyl (C=O) groups excluding carboxylic acids is 2. The SMILES string of the molecule is CCOc1ccccc1NC(=O)C(C#N)C(=O)c1cnn(-c2ccc(F)cc2)c1C. The Kier molecular flexibility index (Phi) is 6.23. The number of aromatic nitrogens is 2. The maximum Gasteiger partial charge on any atom is 0.249 e. The number of anilines is 1. The maximum atomic E-state index is 13.2. The van der Waals surface area contributed by atoms with Gasteiger partial charge in [0, 0.05) is 0 Å². The lowest BCUT2D eigenvalue weighted by Gasteiger charge is -2.13. The summed E-state index contributed by atoms with van der Waals surface area (Å²) in [5, 5.41) is 16.2. The summed E-state index contributed by atoms with van der Waals surface area (Å²) in [7, 11) is 0. The van der Waals surface area contributed by atoms with E-state index in [9.17, 15) is 19.2 Å². The number of ether oxygens (including phenoxy) is 1. The van der Waals surface area contributed by atoms with Crippen LogP contribution in [0.15, 0.2) is 54.7 Å². The fourth-order valence-corrected chi connectivity index (χ4v) is 2.94. The number of benzene rings is 2. The molecule has 0 bridgehead atoms. The molecule has 1 unspecified atom stereocenters. The van der Waals surface area contributed by atoms with E-state index in [1.54, 1.807) is 37.3 Å². The number of halogens is 1. The number of carbonyl (C=O) groups is 2. The van der Waals surface area contributed by atoms with E-state index in [2.05, 4.69) is 10.4 Å². The summed E-state index contributed by atoms with van der Waals surface area (Å²) in [6, 6.07) is 14.1. The molecule has 152 valence electrons. The highest BCUT2D eigenvalue weighted by molar-refractivity contribution is 6.16. The van der Waals surface area contributed by atoms with Gasteiger partial charge in [0.2, 0.25) is 5.91 Å². The summed E-state index contributed by atoms with van der Waals surface area (Å²) < 4.78 is 20.1. The lowest BCUT2D eigenvalue weighted by Crippen LogP contribution is -2.29. The topological polar surface area (TPSA) is 97.0 Å². The maximum absolute atomic E-state index is 13.2. The van der Waals surface area contributed by atoms with Gasteiger partial charge in [-0.15, -0.1) is 0 Å². The summed E-state index contributed by atoms with van der Waals surface area (Å²) >= 11 is 0. The van der Waals surface area contributed by atoms with Gasteiger partial charge in [0.05, 0.1) is 41.5 Å². The van der Waals surface area contributed by atoms with Crippen molar-refractivity contribution in [3.8, 4) is 17.5 Å². The Bertz CT molecular complexity index is 1120. The molecule has 0 spiro atoms. The molecule has 1 aromatic heterocycles. The van der Waals surface area contributed by atoms with Gasteiger partial charge < -0.3 is 10.1 Å². The molecule has 0 aliphatic heterocycles. The summed E-state index contributed by atoms with van der Waals surface area (Å²) in [5.41, 5.74) is 1.50. The van der Waals surface area contributed by atoms with E-state index in [0.717, 1.165) is 0 Å². The van der Waals surface area contributed by atoms with Gasteiger partial charge in [-0.3, -0.25) is 9.59 Å². The Balaban J connectivity index is 1.84. The third kappa shape index (κ3) is 4.20. The second-order valence-corrected chi connectivity index (χ2v) is 6.38. The first-order valence-corrected chi connectivity index (χ1v) is 9.23. The number of ketones is 1. The first-order valence-electron chi connectivity index (χ1n) is 9.23. The van der Waals surface area contributed by atoms with Gasteiger partial charge in [-0.25, -0.2) is 9.07 Å². The van der Waals surface area contributed by atoms with Crippen LogP contribution in [0.1, 0.15) is 23.0 Å². The molecule has 3 aromatic rings. The third-order valence-electron chi connectivity index (χ3n) is 4.44. The second kappa shape index (κ2) is 9.01. The quantitative estimate of drug-likeness (QED) is 0.477. The van der Waals surface area contributed by atoms with Crippen LogP contribution in [0.5, 0.6) is 5.75 Å². The van der Waals surface area contributed by atoms with E-state index < -0.39 is 23.4 Å². The molecule has 0 radical (unpaired) electrons. The number of amides is 1. The monoisotopic (exact) mass is 406 g/mol. The number of nitrogens with one attached hydrogen (secondary N) is 1. The van der Waals surface area contributed by atoms with Crippen LogP contribution in [0.25, 0.3) is 5.69 Å². The minimum Gasteiger partial charge on any atom is -0.492 e. The van der Waals surface area contributed by atoms with E-state index in [0.29, 0.717) is 29.4 Å². The van der Waals surface area contributed by atoms with Crippen molar-refractivity contribution in [3.63, 3.8) is 0 Å². The number of Topliss-reactive ketones (excluding diaryl/α,β-unsaturated/α-hetero) is 1. The normalized spacial score (nSPS) is 11.4. The van der Waals surface area contributed by atoms with Crippen molar-refractivity contribution >= 4 is 17.4 Å². The molecule has 3 rings (SSSR count). The predicted octanol–water partition coefficient (Wildman–Crippen LogP) is 3.68. The number of para-hydroxylation sites is 2. The van der Waals surface area contributed by atoms with Crippen LogP contribution in [0.4, 0.5) is 10.1 Å². The van der Waals surface area contributed by atoms with E-state index in [-0.39, 0.29) is 5.56 Å². The van der Waals surface area contributed by atoms with Gasteiger partial charge >= 0.3 is 0 Å². The highest BCUT2D eigenvalue weighted by Gasteiger charge is 2.30. The van der Waals surface area contributed by atoms with E-state index in [1.807, 2.05) is 6.92 Å². The molecular weight excluding hydrogens is 387 g/mol. The predicted molar refractivity (Wildman–Crippen MR) is 108 cm³/mol. The number of hydrogen-bond acceptors (Lipinski definition) is 5. The van der Waals surface area contributed by atoms with E-state index >= 15 is 0 Å². The van der Waals surface area contributed by atoms with Crippen LogP contribution in [-0.2, 0) is 4.79 Å². The molecule has 0 saturated heterocycles. The van der Waals surface area contributed by atoms with E-state index in [1.165, 1.54) is 35.1 Å². The molecule has 0 aliphatic rings. The van der Waals surface area contributed by atoms with Crippen molar-refractivity contribution < 1.29 is 18.7 Å². The Labute approximate surface area is 172 Å². The first kappa shape index (κ1) is 20.7. The number of rotatable bonds is 7. The smallest absolute Gasteiger partial charge is 0.249 e. The lowest BCUT2D eigenvalue weighted by atomic mass is 9.98. The van der Waals surface area contributed by atoms with Crippen molar-refractivity contribution in [2.45, 2.75) is 13.8 Å². The van der Waals surface area contributed by atoms with Crippen molar-refractivity contribution in [1.29, 1.82) is 5.26 Å². The zero-order valence-corrected chi connectivity index (χ0v) is 16.4. The first-order chi connectivity index (χ1) is 14.5. The van der Waals surface area contributed by atoms with Gasteiger partial charge in [0.15, 0.2) is 11.7 Å². The molecule has 0 saturated carbocycles. The molecule has 0 aliphatic carbocycles. The van der Waals surface area contributed by atoms with Crippen molar-refractivity contribution in [3.05, 3.63) is 71.8 Å². The molecular formula is C22H19FN4O3. The largest absolute Gasteiger partial charge is 0.492 e. The average molecular weight is 406 g/mol. The zero-order chi connectivity index (χ0) is 21.7. The molecule has 2 aromatic carbocycles. The van der Waals surface area contributed by atoms with Gasteiger partial charge in [-0.2, -0.15) is 10.4 Å². The molecule has 1 atom stereocenters. The zero-order valence-electron chi connectivity index (χ0n) is 16.4. The van der Waals surface area contributed by atoms with Gasteiger partial charge in [0.25, 0.3) is 0 Å². The van der Waals surface area contributed by atoms with Gasteiger partial charge in [-0.1, -0.05) is 12.1 Å². The number of nitrogens with zero attached hydrogens (tertiary/aromatic N) is 3. The van der Waals surface area contributed by atoms with Gasteiger partial charge in [0.1, 0.15) is 11.6 Å². The Morgan fingerprint density at radius 3 is 2.60 bits per heavy atom. The Hall–Kier alpha value is -3.99. The van der Waals surface area contributed by atoms with Crippen LogP contribution in [0.2, 0.25) is 0 Å². The minimum absolute atomic E-state index is 0.138. The molecule has 1 heterocycles. The van der Waals surface area contributed by atoms with Crippen LogP contribution < -0.4 is 10.1 Å². The average Bonchev–Trinajstić information content (AvgIpc) is 3.12. The van der Waals surface area contributed by atoms with Crippen LogP contribution in [-0.4, -0.2) is 28.1 Å².